The van der Waals surface area contributed by atoms with Crippen LogP contribution in [0.3, 0.4) is 0 Å². The summed E-state index contributed by atoms with van der Waals surface area (Å²) in [5, 5.41) is 6.88. The van der Waals surface area contributed by atoms with E-state index < -0.39 is 0 Å². The van der Waals surface area contributed by atoms with Gasteiger partial charge in [0, 0.05) is 38.3 Å². The van der Waals surface area contributed by atoms with Crippen molar-refractivity contribution in [3.8, 4) is 33.4 Å². The van der Waals surface area contributed by atoms with Gasteiger partial charge in [-0.3, -0.25) is 0 Å². The van der Waals surface area contributed by atoms with E-state index in [0.29, 0.717) is 0 Å². The second kappa shape index (κ2) is 14.2. The zero-order valence-electron chi connectivity index (χ0n) is 32.8. The van der Waals surface area contributed by atoms with Crippen LogP contribution in [0.25, 0.3) is 76.9 Å². The minimum absolute atomic E-state index is 0.0220. The summed E-state index contributed by atoms with van der Waals surface area (Å²) in [6, 6.07) is 70.4. The number of hydrogen-bond acceptors (Lipinski definition) is 2. The van der Waals surface area contributed by atoms with Crippen LogP contribution in [0.2, 0.25) is 0 Å². The highest BCUT2D eigenvalue weighted by atomic mass is 16.3. The van der Waals surface area contributed by atoms with Gasteiger partial charge < -0.3 is 9.32 Å². The normalized spacial score (nSPS) is 15.1. The smallest absolute Gasteiger partial charge is 0.143 e. The summed E-state index contributed by atoms with van der Waals surface area (Å²) in [5.41, 5.74) is 13.5. The first-order chi connectivity index (χ1) is 29.1. The zero-order chi connectivity index (χ0) is 39.3. The molecular formula is C57H41NO. The Kier molecular flexibility index (Phi) is 8.37. The lowest BCUT2D eigenvalue weighted by molar-refractivity contribution is 0.600. The highest BCUT2D eigenvalue weighted by molar-refractivity contribution is 6.22. The number of furan rings is 1. The Morgan fingerprint density at radius 3 is 1.78 bits per heavy atom. The molecule has 11 rings (SSSR count). The number of allylic oxidation sites excluding steroid dienone is 4. The van der Waals surface area contributed by atoms with Gasteiger partial charge in [0.25, 0.3) is 0 Å². The molecule has 2 nitrogen and oxygen atoms in total. The molecule has 1 aliphatic rings. The number of hydrogen-bond donors (Lipinski definition) is 0. The molecule has 0 aliphatic heterocycles. The highest BCUT2D eigenvalue weighted by Crippen LogP contribution is 2.47. The molecular weight excluding hydrogens is 715 g/mol. The first-order valence-corrected chi connectivity index (χ1v) is 20.5. The summed E-state index contributed by atoms with van der Waals surface area (Å²) in [4.78, 5) is 2.41. The lowest BCUT2D eigenvalue weighted by Gasteiger charge is -2.28. The molecule has 0 spiro atoms. The van der Waals surface area contributed by atoms with E-state index in [0.717, 1.165) is 61.8 Å². The zero-order valence-corrected chi connectivity index (χ0v) is 32.8. The molecule has 9 aromatic carbocycles. The van der Waals surface area contributed by atoms with Gasteiger partial charge in [0.15, 0.2) is 0 Å². The number of nitrogens with zero attached hydrogens (tertiary/aromatic N) is 1. The number of fused-ring (bicyclic) bond motifs is 6. The van der Waals surface area contributed by atoms with Gasteiger partial charge in [0.1, 0.15) is 11.2 Å². The monoisotopic (exact) mass is 755 g/mol. The van der Waals surface area contributed by atoms with Crippen molar-refractivity contribution >= 4 is 60.5 Å². The van der Waals surface area contributed by atoms with E-state index in [1.807, 2.05) is 0 Å². The standard InChI is InChI=1S/C57H41NO/c1-57(35-10-3-11-36-57)46-29-23-41(24-30-46)43-27-33-48(34-28-43)58(47-31-25-42(26-32-47)39-13-4-2-5-14-39)53-38-52-55-49(45-22-21-40-15-6-7-16-44(40)37-45)19-12-20-54(55)59-56(52)51-18-9-8-17-50(51)53/h2-35,37-38H,36H2,1H3. The minimum atomic E-state index is 0.0220. The van der Waals surface area contributed by atoms with Crippen LogP contribution in [0.5, 0.6) is 0 Å². The third kappa shape index (κ3) is 6.13. The predicted molar refractivity (Wildman–Crippen MR) is 250 cm³/mol. The maximum absolute atomic E-state index is 6.82. The third-order valence-electron chi connectivity index (χ3n) is 12.3. The van der Waals surface area contributed by atoms with Gasteiger partial charge in [-0.15, -0.1) is 0 Å². The lowest BCUT2D eigenvalue weighted by Crippen LogP contribution is -2.19. The van der Waals surface area contributed by atoms with Crippen molar-refractivity contribution in [2.75, 3.05) is 4.90 Å². The lowest BCUT2D eigenvalue weighted by atomic mass is 9.77. The summed E-state index contributed by atoms with van der Waals surface area (Å²) in [7, 11) is 0. The fourth-order valence-electron chi connectivity index (χ4n) is 9.06. The van der Waals surface area contributed by atoms with Crippen LogP contribution in [0, 0.1) is 0 Å². The number of benzene rings is 9. The Morgan fingerprint density at radius 1 is 0.475 bits per heavy atom. The summed E-state index contributed by atoms with van der Waals surface area (Å²) in [6.07, 6.45) is 9.89. The maximum atomic E-state index is 6.82. The quantitative estimate of drug-likeness (QED) is 0.161. The van der Waals surface area contributed by atoms with Crippen molar-refractivity contribution in [1.82, 2.24) is 0 Å². The van der Waals surface area contributed by atoms with E-state index in [9.17, 15) is 0 Å². The van der Waals surface area contributed by atoms with Gasteiger partial charge in [-0.25, -0.2) is 0 Å². The van der Waals surface area contributed by atoms with Crippen molar-refractivity contribution < 1.29 is 4.42 Å². The predicted octanol–water partition coefficient (Wildman–Crippen LogP) is 16.1. The molecule has 0 radical (unpaired) electrons. The van der Waals surface area contributed by atoms with Crippen molar-refractivity contribution in [3.63, 3.8) is 0 Å². The van der Waals surface area contributed by atoms with Gasteiger partial charge in [-0.2, -0.15) is 0 Å². The molecule has 59 heavy (non-hydrogen) atoms. The van der Waals surface area contributed by atoms with E-state index >= 15 is 0 Å². The largest absolute Gasteiger partial charge is 0.455 e. The Morgan fingerprint density at radius 2 is 1.08 bits per heavy atom. The summed E-state index contributed by atoms with van der Waals surface area (Å²) < 4.78 is 6.82. The second-order valence-corrected chi connectivity index (χ2v) is 15.9. The fourth-order valence-corrected chi connectivity index (χ4v) is 9.06. The van der Waals surface area contributed by atoms with E-state index in [2.05, 4.69) is 230 Å². The van der Waals surface area contributed by atoms with Crippen molar-refractivity contribution in [3.05, 3.63) is 224 Å². The molecule has 280 valence electrons. The van der Waals surface area contributed by atoms with E-state index in [1.165, 1.54) is 44.2 Å². The summed E-state index contributed by atoms with van der Waals surface area (Å²) in [5.74, 6) is 0. The molecule has 1 aliphatic carbocycles. The molecule has 2 heteroatoms. The SMILES string of the molecule is CC1(c2ccc(-c3ccc(N(c4ccc(-c5ccccc5)cc4)c4cc5c(oc6cccc(-c7ccc8ccccc8c7)c65)c5ccccc45)cc3)cc2)C=CC=CC1. The number of rotatable bonds is 7. The Labute approximate surface area is 344 Å². The van der Waals surface area contributed by atoms with E-state index in [-0.39, 0.29) is 5.41 Å². The van der Waals surface area contributed by atoms with Crippen molar-refractivity contribution in [2.45, 2.75) is 18.8 Å². The molecule has 0 bridgehead atoms. The van der Waals surface area contributed by atoms with Crippen LogP contribution in [0.1, 0.15) is 18.9 Å². The minimum Gasteiger partial charge on any atom is -0.455 e. The molecule has 0 amide bonds. The molecule has 0 N–H and O–H groups in total. The van der Waals surface area contributed by atoms with Crippen LogP contribution < -0.4 is 4.90 Å². The van der Waals surface area contributed by atoms with Gasteiger partial charge in [-0.1, -0.05) is 183 Å². The van der Waals surface area contributed by atoms with Crippen LogP contribution in [0.15, 0.2) is 223 Å². The second-order valence-electron chi connectivity index (χ2n) is 15.9. The van der Waals surface area contributed by atoms with Crippen molar-refractivity contribution in [2.24, 2.45) is 0 Å². The first kappa shape index (κ1) is 34.8. The Hall–Kier alpha value is -7.42. The van der Waals surface area contributed by atoms with Crippen LogP contribution in [-0.4, -0.2) is 0 Å². The number of anilines is 3. The molecule has 0 saturated heterocycles. The molecule has 0 saturated carbocycles. The molecule has 0 fully saturated rings. The van der Waals surface area contributed by atoms with Gasteiger partial charge in [-0.05, 0) is 98.6 Å². The maximum Gasteiger partial charge on any atom is 0.143 e. The van der Waals surface area contributed by atoms with Crippen LogP contribution in [0.4, 0.5) is 17.1 Å². The van der Waals surface area contributed by atoms with E-state index in [4.69, 9.17) is 4.42 Å². The average molecular weight is 756 g/mol. The topological polar surface area (TPSA) is 16.4 Å². The van der Waals surface area contributed by atoms with Crippen molar-refractivity contribution in [1.29, 1.82) is 0 Å². The third-order valence-corrected chi connectivity index (χ3v) is 12.3. The Bertz CT molecular complexity index is 3230. The molecule has 1 heterocycles. The average Bonchev–Trinajstić information content (AvgIpc) is 3.69. The highest BCUT2D eigenvalue weighted by Gasteiger charge is 2.24. The molecule has 1 aromatic heterocycles. The molecule has 10 aromatic rings. The summed E-state index contributed by atoms with van der Waals surface area (Å²) in [6.45, 7) is 2.31. The fraction of sp³-hybridized carbons (Fsp3) is 0.0526. The Balaban J connectivity index is 1.08. The van der Waals surface area contributed by atoms with E-state index in [1.54, 1.807) is 0 Å². The first-order valence-electron chi connectivity index (χ1n) is 20.5. The van der Waals surface area contributed by atoms with Gasteiger partial charge >= 0.3 is 0 Å². The molecule has 1 unspecified atom stereocenters. The van der Waals surface area contributed by atoms with Crippen LogP contribution >= 0.6 is 0 Å². The van der Waals surface area contributed by atoms with Gasteiger partial charge in [0.05, 0.1) is 5.69 Å². The van der Waals surface area contributed by atoms with Crippen LogP contribution in [-0.2, 0) is 5.41 Å². The molecule has 1 atom stereocenters. The summed E-state index contributed by atoms with van der Waals surface area (Å²) >= 11 is 0. The van der Waals surface area contributed by atoms with Gasteiger partial charge in [0.2, 0.25) is 0 Å².